The van der Waals surface area contributed by atoms with Gasteiger partial charge >= 0.3 is 5.97 Å². The van der Waals surface area contributed by atoms with Crippen LogP contribution in [-0.4, -0.2) is 10.9 Å². The third-order valence-electron chi connectivity index (χ3n) is 3.16. The monoisotopic (exact) mass is 315 g/mol. The second-order valence-corrected chi connectivity index (χ2v) is 4.78. The molecule has 0 fully saturated rings. The van der Waals surface area contributed by atoms with Gasteiger partial charge in [-0.1, -0.05) is 24.3 Å². The van der Waals surface area contributed by atoms with E-state index in [2.05, 4.69) is 0 Å². The third-order valence-corrected chi connectivity index (χ3v) is 3.16. The molecule has 0 amide bonds. The van der Waals surface area contributed by atoms with Crippen LogP contribution in [0.5, 0.6) is 0 Å². The highest BCUT2D eigenvalue weighted by Gasteiger charge is 2.12. The SMILES string of the molecule is C[C@H](OC(=O)/C=C/c1ccccc1[N+](=O)[O-])c1ccc(F)cc1. The van der Waals surface area contributed by atoms with Crippen LogP contribution in [0.3, 0.4) is 0 Å². The lowest BCUT2D eigenvalue weighted by Crippen LogP contribution is -2.06. The summed E-state index contributed by atoms with van der Waals surface area (Å²) in [6.07, 6.45) is 1.90. The zero-order valence-electron chi connectivity index (χ0n) is 12.3. The van der Waals surface area contributed by atoms with E-state index in [1.54, 1.807) is 19.1 Å². The van der Waals surface area contributed by atoms with E-state index in [1.165, 1.54) is 42.5 Å². The first-order valence-corrected chi connectivity index (χ1v) is 6.85. The first kappa shape index (κ1) is 16.4. The molecule has 0 aliphatic carbocycles. The molecule has 5 nitrogen and oxygen atoms in total. The molecule has 2 aromatic rings. The topological polar surface area (TPSA) is 69.4 Å². The van der Waals surface area contributed by atoms with Crippen LogP contribution in [-0.2, 0) is 9.53 Å². The van der Waals surface area contributed by atoms with Crippen molar-refractivity contribution in [1.82, 2.24) is 0 Å². The quantitative estimate of drug-likeness (QED) is 0.361. The Labute approximate surface area is 132 Å². The Bertz CT molecular complexity index is 741. The normalized spacial score (nSPS) is 12.1. The highest BCUT2D eigenvalue weighted by Crippen LogP contribution is 2.20. The number of esters is 1. The lowest BCUT2D eigenvalue weighted by molar-refractivity contribution is -0.385. The second-order valence-electron chi connectivity index (χ2n) is 4.78. The highest BCUT2D eigenvalue weighted by atomic mass is 19.1. The first-order chi connectivity index (χ1) is 11.0. The van der Waals surface area contributed by atoms with Crippen LogP contribution in [0.1, 0.15) is 24.2 Å². The van der Waals surface area contributed by atoms with Crippen molar-refractivity contribution in [2.75, 3.05) is 0 Å². The van der Waals surface area contributed by atoms with Crippen molar-refractivity contribution in [3.05, 3.63) is 81.7 Å². The number of carbonyl (C=O) groups excluding carboxylic acids is 1. The molecule has 0 aromatic heterocycles. The molecule has 2 rings (SSSR count). The zero-order valence-corrected chi connectivity index (χ0v) is 12.3. The average Bonchev–Trinajstić information content (AvgIpc) is 2.53. The maximum absolute atomic E-state index is 12.9. The maximum Gasteiger partial charge on any atom is 0.331 e. The Morgan fingerprint density at radius 1 is 1.22 bits per heavy atom. The van der Waals surface area contributed by atoms with Gasteiger partial charge in [-0.25, -0.2) is 9.18 Å². The van der Waals surface area contributed by atoms with E-state index in [4.69, 9.17) is 4.74 Å². The molecular weight excluding hydrogens is 301 g/mol. The molecule has 0 radical (unpaired) electrons. The molecule has 1 atom stereocenters. The number of halogens is 1. The number of hydrogen-bond donors (Lipinski definition) is 0. The molecule has 0 aliphatic rings. The van der Waals surface area contributed by atoms with Crippen LogP contribution in [0.2, 0.25) is 0 Å². The number of carbonyl (C=O) groups is 1. The van der Waals surface area contributed by atoms with Gasteiger partial charge in [-0.15, -0.1) is 0 Å². The van der Waals surface area contributed by atoms with Crippen LogP contribution >= 0.6 is 0 Å². The van der Waals surface area contributed by atoms with E-state index in [9.17, 15) is 19.3 Å². The van der Waals surface area contributed by atoms with Gasteiger partial charge in [0.1, 0.15) is 11.9 Å². The van der Waals surface area contributed by atoms with Gasteiger partial charge in [0.05, 0.1) is 10.5 Å². The number of hydrogen-bond acceptors (Lipinski definition) is 4. The van der Waals surface area contributed by atoms with Crippen LogP contribution in [0.15, 0.2) is 54.6 Å². The smallest absolute Gasteiger partial charge is 0.331 e. The van der Waals surface area contributed by atoms with E-state index in [0.29, 0.717) is 11.1 Å². The van der Waals surface area contributed by atoms with Crippen LogP contribution in [0, 0.1) is 15.9 Å². The summed E-state index contributed by atoms with van der Waals surface area (Å²) in [6.45, 7) is 1.66. The number of nitrogens with zero attached hydrogens (tertiary/aromatic N) is 1. The molecule has 0 unspecified atom stereocenters. The van der Waals surface area contributed by atoms with E-state index < -0.39 is 17.0 Å². The fourth-order valence-electron chi connectivity index (χ4n) is 1.97. The maximum atomic E-state index is 12.9. The standard InChI is InChI=1S/C17H14FNO4/c1-12(13-6-9-15(18)10-7-13)23-17(20)11-8-14-4-2-3-5-16(14)19(21)22/h2-12H,1H3/b11-8+/t12-/m0/s1. The number of para-hydroxylation sites is 1. The molecule has 0 saturated heterocycles. The highest BCUT2D eigenvalue weighted by molar-refractivity contribution is 5.88. The number of nitro benzene ring substituents is 1. The average molecular weight is 315 g/mol. The van der Waals surface area contributed by atoms with Crippen molar-refractivity contribution in [2.24, 2.45) is 0 Å². The first-order valence-electron chi connectivity index (χ1n) is 6.85. The number of ether oxygens (including phenoxy) is 1. The van der Waals surface area contributed by atoms with Crippen molar-refractivity contribution >= 4 is 17.7 Å². The predicted octanol–water partition coefficient (Wildman–Crippen LogP) is 4.05. The minimum atomic E-state index is -0.639. The Kier molecular flexibility index (Phi) is 5.19. The van der Waals surface area contributed by atoms with Crippen molar-refractivity contribution in [2.45, 2.75) is 13.0 Å². The molecule has 118 valence electrons. The second kappa shape index (κ2) is 7.31. The third kappa shape index (κ3) is 4.47. The van der Waals surface area contributed by atoms with Crippen molar-refractivity contribution in [3.63, 3.8) is 0 Å². The Balaban J connectivity index is 2.04. The molecule has 0 heterocycles. The molecule has 2 aromatic carbocycles. The summed E-state index contributed by atoms with van der Waals surface area (Å²) in [5.41, 5.74) is 0.867. The summed E-state index contributed by atoms with van der Waals surface area (Å²) in [7, 11) is 0. The summed E-state index contributed by atoms with van der Waals surface area (Å²) < 4.78 is 18.0. The van der Waals surface area contributed by atoms with Gasteiger partial charge in [0.15, 0.2) is 0 Å². The van der Waals surface area contributed by atoms with Gasteiger partial charge in [-0.2, -0.15) is 0 Å². The predicted molar refractivity (Wildman–Crippen MR) is 83.0 cm³/mol. The van der Waals surface area contributed by atoms with Crippen LogP contribution < -0.4 is 0 Å². The Hall–Kier alpha value is -3.02. The van der Waals surface area contributed by atoms with Gasteiger partial charge in [0, 0.05) is 12.1 Å². The summed E-state index contributed by atoms with van der Waals surface area (Å²) in [5, 5.41) is 10.9. The van der Waals surface area contributed by atoms with E-state index in [0.717, 1.165) is 6.08 Å². The largest absolute Gasteiger partial charge is 0.455 e. The minimum Gasteiger partial charge on any atom is -0.455 e. The summed E-state index contributed by atoms with van der Waals surface area (Å²) in [4.78, 5) is 22.2. The summed E-state index contributed by atoms with van der Waals surface area (Å²) in [6, 6.07) is 11.7. The van der Waals surface area contributed by atoms with Gasteiger partial charge in [-0.3, -0.25) is 10.1 Å². The lowest BCUT2D eigenvalue weighted by Gasteiger charge is -2.11. The van der Waals surface area contributed by atoms with Gasteiger partial charge in [0.25, 0.3) is 5.69 Å². The molecule has 0 bridgehead atoms. The number of rotatable bonds is 5. The molecular formula is C17H14FNO4. The van der Waals surface area contributed by atoms with Gasteiger partial charge in [0.2, 0.25) is 0 Å². The van der Waals surface area contributed by atoms with Crippen molar-refractivity contribution < 1.29 is 18.8 Å². The van der Waals surface area contributed by atoms with Crippen LogP contribution in [0.4, 0.5) is 10.1 Å². The fraction of sp³-hybridized carbons (Fsp3) is 0.118. The summed E-state index contributed by atoms with van der Waals surface area (Å²) >= 11 is 0. The molecule has 0 N–H and O–H groups in total. The number of benzene rings is 2. The molecule has 0 saturated carbocycles. The van der Waals surface area contributed by atoms with Gasteiger partial charge in [-0.05, 0) is 36.8 Å². The van der Waals surface area contributed by atoms with E-state index in [-0.39, 0.29) is 11.5 Å². The summed E-state index contributed by atoms with van der Waals surface area (Å²) in [5.74, 6) is -1.01. The van der Waals surface area contributed by atoms with Crippen molar-refractivity contribution in [3.8, 4) is 0 Å². The lowest BCUT2D eigenvalue weighted by atomic mass is 10.1. The van der Waals surface area contributed by atoms with E-state index in [1.807, 2.05) is 0 Å². The molecule has 0 spiro atoms. The van der Waals surface area contributed by atoms with Crippen molar-refractivity contribution in [1.29, 1.82) is 0 Å². The Morgan fingerprint density at radius 2 is 1.87 bits per heavy atom. The molecule has 0 aliphatic heterocycles. The minimum absolute atomic E-state index is 0.0943. The molecule has 23 heavy (non-hydrogen) atoms. The molecule has 6 heteroatoms. The number of nitro groups is 1. The van der Waals surface area contributed by atoms with Gasteiger partial charge < -0.3 is 4.74 Å². The van der Waals surface area contributed by atoms with Crippen LogP contribution in [0.25, 0.3) is 6.08 Å². The zero-order chi connectivity index (χ0) is 16.8. The Morgan fingerprint density at radius 3 is 2.52 bits per heavy atom. The fourth-order valence-corrected chi connectivity index (χ4v) is 1.97. The van der Waals surface area contributed by atoms with E-state index >= 15 is 0 Å².